The summed E-state index contributed by atoms with van der Waals surface area (Å²) in [6.45, 7) is 6.88. The fraction of sp³-hybridized carbons (Fsp3) is 0.600. The standard InChI is InChI=1S/C15H24BrNO2/c1-15(2,3)19-10-13(17-4)9-11-8-12(16)6-7-14(11)18-5/h6-8,13,17H,9-10H2,1-5H3. The van der Waals surface area contributed by atoms with Crippen LogP contribution in [0.1, 0.15) is 26.3 Å². The monoisotopic (exact) mass is 329 g/mol. The number of hydrogen-bond acceptors (Lipinski definition) is 3. The zero-order valence-electron chi connectivity index (χ0n) is 12.4. The molecular formula is C15H24BrNO2. The van der Waals surface area contributed by atoms with Gasteiger partial charge in [0.15, 0.2) is 0 Å². The minimum absolute atomic E-state index is 0.115. The van der Waals surface area contributed by atoms with Gasteiger partial charge in [-0.1, -0.05) is 15.9 Å². The van der Waals surface area contributed by atoms with Crippen LogP contribution in [-0.4, -0.2) is 32.4 Å². The Morgan fingerprint density at radius 1 is 1.32 bits per heavy atom. The van der Waals surface area contributed by atoms with Gasteiger partial charge in [-0.25, -0.2) is 0 Å². The molecule has 1 atom stereocenters. The summed E-state index contributed by atoms with van der Waals surface area (Å²) in [5.41, 5.74) is 1.06. The molecule has 0 heterocycles. The molecule has 1 aromatic carbocycles. The Balaban J connectivity index is 2.72. The SMILES string of the molecule is CNC(COC(C)(C)C)Cc1cc(Br)ccc1OC. The highest BCUT2D eigenvalue weighted by Gasteiger charge is 2.16. The lowest BCUT2D eigenvalue weighted by Gasteiger charge is -2.24. The van der Waals surface area contributed by atoms with Crippen LogP contribution in [0.5, 0.6) is 5.75 Å². The molecule has 0 aliphatic rings. The molecule has 0 spiro atoms. The Morgan fingerprint density at radius 3 is 2.53 bits per heavy atom. The van der Waals surface area contributed by atoms with E-state index in [0.717, 1.165) is 16.6 Å². The number of nitrogens with one attached hydrogen (secondary N) is 1. The minimum Gasteiger partial charge on any atom is -0.496 e. The van der Waals surface area contributed by atoms with E-state index in [1.54, 1.807) is 7.11 Å². The highest BCUT2D eigenvalue weighted by Crippen LogP contribution is 2.24. The summed E-state index contributed by atoms with van der Waals surface area (Å²) in [5, 5.41) is 3.30. The predicted octanol–water partition coefficient (Wildman–Crippen LogP) is 3.40. The van der Waals surface area contributed by atoms with Crippen LogP contribution in [0.4, 0.5) is 0 Å². The van der Waals surface area contributed by atoms with Crippen LogP contribution in [0.15, 0.2) is 22.7 Å². The molecule has 1 rings (SSSR count). The first kappa shape index (κ1) is 16.5. The zero-order chi connectivity index (χ0) is 14.5. The van der Waals surface area contributed by atoms with E-state index in [1.165, 1.54) is 5.56 Å². The lowest BCUT2D eigenvalue weighted by Crippen LogP contribution is -2.36. The molecule has 1 unspecified atom stereocenters. The summed E-state index contributed by atoms with van der Waals surface area (Å²) in [7, 11) is 3.66. The summed E-state index contributed by atoms with van der Waals surface area (Å²) in [6.07, 6.45) is 0.870. The molecule has 108 valence electrons. The molecule has 0 radical (unpaired) electrons. The van der Waals surface area contributed by atoms with Gasteiger partial charge in [0.05, 0.1) is 19.3 Å². The minimum atomic E-state index is -0.115. The number of methoxy groups -OCH3 is 1. The second kappa shape index (κ2) is 7.27. The van der Waals surface area contributed by atoms with Crippen molar-refractivity contribution in [3.8, 4) is 5.75 Å². The van der Waals surface area contributed by atoms with Crippen LogP contribution in [0, 0.1) is 0 Å². The number of halogens is 1. The Morgan fingerprint density at radius 2 is 2.00 bits per heavy atom. The first-order chi connectivity index (χ1) is 8.85. The average Bonchev–Trinajstić information content (AvgIpc) is 2.33. The maximum atomic E-state index is 5.84. The first-order valence-electron chi connectivity index (χ1n) is 6.49. The summed E-state index contributed by atoms with van der Waals surface area (Å²) < 4.78 is 12.3. The van der Waals surface area contributed by atoms with Gasteiger partial charge in [-0.3, -0.25) is 0 Å². The van der Waals surface area contributed by atoms with Crippen molar-refractivity contribution in [2.24, 2.45) is 0 Å². The third-order valence-electron chi connectivity index (χ3n) is 2.83. The molecule has 0 aliphatic heterocycles. The molecule has 0 saturated carbocycles. The second-order valence-corrected chi connectivity index (χ2v) is 6.48. The summed E-state index contributed by atoms with van der Waals surface area (Å²) >= 11 is 3.50. The second-order valence-electron chi connectivity index (χ2n) is 5.57. The van der Waals surface area contributed by atoms with Crippen molar-refractivity contribution in [3.05, 3.63) is 28.2 Å². The lowest BCUT2D eigenvalue weighted by atomic mass is 10.1. The van der Waals surface area contributed by atoms with Crippen molar-refractivity contribution in [1.29, 1.82) is 0 Å². The van der Waals surface area contributed by atoms with Crippen LogP contribution in [0.3, 0.4) is 0 Å². The fourth-order valence-corrected chi connectivity index (χ4v) is 2.18. The van der Waals surface area contributed by atoms with Gasteiger partial charge in [-0.05, 0) is 58.0 Å². The predicted molar refractivity (Wildman–Crippen MR) is 83.0 cm³/mol. The van der Waals surface area contributed by atoms with Crippen molar-refractivity contribution >= 4 is 15.9 Å². The maximum Gasteiger partial charge on any atom is 0.122 e. The lowest BCUT2D eigenvalue weighted by molar-refractivity contribution is -0.0135. The van der Waals surface area contributed by atoms with E-state index in [-0.39, 0.29) is 11.6 Å². The molecule has 4 heteroatoms. The smallest absolute Gasteiger partial charge is 0.122 e. The topological polar surface area (TPSA) is 30.5 Å². The summed E-state index contributed by atoms with van der Waals surface area (Å²) in [5.74, 6) is 0.916. The Hall–Kier alpha value is -0.580. The fourth-order valence-electron chi connectivity index (χ4n) is 1.77. The highest BCUT2D eigenvalue weighted by atomic mass is 79.9. The van der Waals surface area contributed by atoms with E-state index in [9.17, 15) is 0 Å². The number of rotatable bonds is 6. The van der Waals surface area contributed by atoms with Gasteiger partial charge in [-0.15, -0.1) is 0 Å². The van der Waals surface area contributed by atoms with Crippen molar-refractivity contribution in [2.75, 3.05) is 20.8 Å². The van der Waals surface area contributed by atoms with Crippen molar-refractivity contribution in [1.82, 2.24) is 5.32 Å². The van der Waals surface area contributed by atoms with Crippen LogP contribution in [0.25, 0.3) is 0 Å². The van der Waals surface area contributed by atoms with Gasteiger partial charge >= 0.3 is 0 Å². The Kier molecular flexibility index (Phi) is 6.30. The van der Waals surface area contributed by atoms with E-state index in [0.29, 0.717) is 6.61 Å². The van der Waals surface area contributed by atoms with Crippen molar-refractivity contribution in [3.63, 3.8) is 0 Å². The van der Waals surface area contributed by atoms with Gasteiger partial charge < -0.3 is 14.8 Å². The van der Waals surface area contributed by atoms with Crippen LogP contribution >= 0.6 is 15.9 Å². The molecule has 0 bridgehead atoms. The molecule has 0 aromatic heterocycles. The largest absolute Gasteiger partial charge is 0.496 e. The third kappa shape index (κ3) is 5.93. The molecular weight excluding hydrogens is 306 g/mol. The average molecular weight is 330 g/mol. The van der Waals surface area contributed by atoms with Crippen LogP contribution in [0.2, 0.25) is 0 Å². The molecule has 0 saturated heterocycles. The molecule has 1 aromatic rings. The van der Waals surface area contributed by atoms with Gasteiger partial charge in [0.2, 0.25) is 0 Å². The Labute approximate surface area is 124 Å². The van der Waals surface area contributed by atoms with Gasteiger partial charge in [0, 0.05) is 10.5 Å². The number of benzene rings is 1. The van der Waals surface area contributed by atoms with E-state index in [1.807, 2.05) is 19.2 Å². The quantitative estimate of drug-likeness (QED) is 0.867. The molecule has 1 N–H and O–H groups in total. The van der Waals surface area contributed by atoms with Gasteiger partial charge in [0.25, 0.3) is 0 Å². The number of hydrogen-bond donors (Lipinski definition) is 1. The first-order valence-corrected chi connectivity index (χ1v) is 7.28. The number of ether oxygens (including phenoxy) is 2. The van der Waals surface area contributed by atoms with Crippen molar-refractivity contribution in [2.45, 2.75) is 38.8 Å². The van der Waals surface area contributed by atoms with Crippen LogP contribution in [-0.2, 0) is 11.2 Å². The van der Waals surface area contributed by atoms with E-state index < -0.39 is 0 Å². The van der Waals surface area contributed by atoms with E-state index in [4.69, 9.17) is 9.47 Å². The Bertz CT molecular complexity index is 402. The highest BCUT2D eigenvalue weighted by molar-refractivity contribution is 9.10. The zero-order valence-corrected chi connectivity index (χ0v) is 14.0. The molecule has 0 aliphatic carbocycles. The van der Waals surface area contributed by atoms with Gasteiger partial charge in [-0.2, -0.15) is 0 Å². The normalized spacial score (nSPS) is 13.4. The third-order valence-corrected chi connectivity index (χ3v) is 3.33. The summed E-state index contributed by atoms with van der Waals surface area (Å²) in [6, 6.07) is 6.33. The van der Waals surface area contributed by atoms with E-state index >= 15 is 0 Å². The molecule has 19 heavy (non-hydrogen) atoms. The van der Waals surface area contributed by atoms with Gasteiger partial charge in [0.1, 0.15) is 5.75 Å². The maximum absolute atomic E-state index is 5.84. The van der Waals surface area contributed by atoms with Crippen LogP contribution < -0.4 is 10.1 Å². The van der Waals surface area contributed by atoms with Crippen molar-refractivity contribution < 1.29 is 9.47 Å². The summed E-state index contributed by atoms with van der Waals surface area (Å²) in [4.78, 5) is 0. The molecule has 0 amide bonds. The molecule has 3 nitrogen and oxygen atoms in total. The molecule has 0 fully saturated rings. The number of likely N-dealkylation sites (N-methyl/N-ethyl adjacent to an activating group) is 1. The van der Waals surface area contributed by atoms with E-state index in [2.05, 4.69) is 48.1 Å².